The minimum atomic E-state index is -3.90. The molecule has 0 amide bonds. The van der Waals surface area contributed by atoms with Crippen LogP contribution in [0.5, 0.6) is 0 Å². The molecule has 1 aliphatic carbocycles. The number of nitrogens with zero attached hydrogens (tertiary/aromatic N) is 5. The fraction of sp³-hybridized carbons (Fsp3) is 0.550. The number of alkyl halides is 3. The molecule has 3 aromatic heterocycles. The Hall–Kier alpha value is -2.29. The molecule has 2 aliphatic rings. The molecule has 0 bridgehead atoms. The Morgan fingerprint density at radius 3 is 2.76 bits per heavy atom. The van der Waals surface area contributed by atoms with Crippen LogP contribution >= 0.6 is 11.3 Å². The summed E-state index contributed by atoms with van der Waals surface area (Å²) in [6, 6.07) is 0.840. The number of pyridine rings is 1. The highest BCUT2D eigenvalue weighted by Gasteiger charge is 2.42. The predicted octanol–water partition coefficient (Wildman–Crippen LogP) is 2.76. The van der Waals surface area contributed by atoms with Gasteiger partial charge in [-0.3, -0.25) is 4.40 Å². The van der Waals surface area contributed by atoms with Gasteiger partial charge in [-0.2, -0.15) is 0 Å². The van der Waals surface area contributed by atoms with Gasteiger partial charge in [0.1, 0.15) is 17.3 Å². The maximum absolute atomic E-state index is 13.6. The van der Waals surface area contributed by atoms with E-state index in [-0.39, 0.29) is 15.9 Å². The van der Waals surface area contributed by atoms with Crippen molar-refractivity contribution in [2.75, 3.05) is 24.7 Å². The van der Waals surface area contributed by atoms with Gasteiger partial charge in [0.2, 0.25) is 10.0 Å². The molecular weight excluding hydrogens is 491 g/mol. The second-order valence-corrected chi connectivity index (χ2v) is 11.7. The van der Waals surface area contributed by atoms with E-state index in [2.05, 4.69) is 25.2 Å². The van der Waals surface area contributed by atoms with Crippen LogP contribution in [-0.4, -0.2) is 65.4 Å². The van der Waals surface area contributed by atoms with Gasteiger partial charge in [-0.15, -0.1) is 10.2 Å². The number of nitrogens with one attached hydrogen (secondary N) is 2. The molecule has 184 valence electrons. The zero-order valence-corrected chi connectivity index (χ0v) is 20.1. The van der Waals surface area contributed by atoms with Crippen molar-refractivity contribution in [2.24, 2.45) is 0 Å². The van der Waals surface area contributed by atoms with Crippen LogP contribution in [0.25, 0.3) is 16.3 Å². The Morgan fingerprint density at radius 2 is 2.12 bits per heavy atom. The highest BCUT2D eigenvalue weighted by molar-refractivity contribution is 7.89. The molecule has 3 aromatic rings. The lowest BCUT2D eigenvalue weighted by atomic mass is 10.1. The first-order valence-electron chi connectivity index (χ1n) is 10.8. The Kier molecular flexibility index (Phi) is 5.81. The first-order chi connectivity index (χ1) is 16.1. The highest BCUT2D eigenvalue weighted by atomic mass is 32.2. The molecule has 0 aromatic carbocycles. The topological polar surface area (TPSA) is 105 Å². The van der Waals surface area contributed by atoms with Crippen LogP contribution < -0.4 is 14.9 Å². The Balaban J connectivity index is 1.67. The fourth-order valence-corrected chi connectivity index (χ4v) is 6.33. The highest BCUT2D eigenvalue weighted by Crippen LogP contribution is 2.38. The smallest absolute Gasteiger partial charge is 0.291 e. The number of hydrogen-bond donors (Lipinski definition) is 2. The van der Waals surface area contributed by atoms with Crippen LogP contribution in [0.4, 0.5) is 18.9 Å². The third kappa shape index (κ3) is 4.16. The predicted molar refractivity (Wildman–Crippen MR) is 122 cm³/mol. The number of imidazole rings is 1. The van der Waals surface area contributed by atoms with Gasteiger partial charge in [0.05, 0.1) is 17.9 Å². The summed E-state index contributed by atoms with van der Waals surface area (Å²) in [6.45, 7) is 4.15. The van der Waals surface area contributed by atoms with Crippen LogP contribution in [0.3, 0.4) is 0 Å². The third-order valence-corrected chi connectivity index (χ3v) is 8.97. The Labute approximate surface area is 198 Å². The molecule has 0 unspecified atom stereocenters. The number of halogens is 3. The normalized spacial score (nSPS) is 22.6. The second-order valence-electron chi connectivity index (χ2n) is 8.96. The SMILES string of the molecule is C[C@H]1[C@@H](CF)NCCN1c1cc(S(=O)(=O)NC2(C)CC2)cn2c(-c3nnc(C(F)F)s3)cnc12. The van der Waals surface area contributed by atoms with Gasteiger partial charge in [-0.1, -0.05) is 11.3 Å². The molecule has 9 nitrogen and oxygen atoms in total. The van der Waals surface area contributed by atoms with E-state index in [1.165, 1.54) is 16.8 Å². The molecule has 34 heavy (non-hydrogen) atoms. The zero-order valence-electron chi connectivity index (χ0n) is 18.5. The maximum Gasteiger partial charge on any atom is 0.291 e. The monoisotopic (exact) mass is 515 g/mol. The van der Waals surface area contributed by atoms with E-state index >= 15 is 0 Å². The molecule has 4 heterocycles. The van der Waals surface area contributed by atoms with Crippen molar-refractivity contribution in [1.82, 2.24) is 29.6 Å². The van der Waals surface area contributed by atoms with Gasteiger partial charge >= 0.3 is 0 Å². The average Bonchev–Trinajstić information content (AvgIpc) is 3.19. The first-order valence-corrected chi connectivity index (χ1v) is 13.1. The molecule has 2 fully saturated rings. The van der Waals surface area contributed by atoms with E-state index in [1.54, 1.807) is 6.07 Å². The molecule has 2 N–H and O–H groups in total. The van der Waals surface area contributed by atoms with Crippen molar-refractivity contribution in [3.8, 4) is 10.7 Å². The average molecular weight is 516 g/mol. The quantitative estimate of drug-likeness (QED) is 0.499. The molecular formula is C20H24F3N7O2S2. The summed E-state index contributed by atoms with van der Waals surface area (Å²) in [7, 11) is -3.90. The Morgan fingerprint density at radius 1 is 1.35 bits per heavy atom. The van der Waals surface area contributed by atoms with Crippen LogP contribution in [0.15, 0.2) is 23.4 Å². The van der Waals surface area contributed by atoms with E-state index in [0.29, 0.717) is 30.1 Å². The molecule has 0 spiro atoms. The van der Waals surface area contributed by atoms with Crippen LogP contribution in [-0.2, 0) is 10.0 Å². The lowest BCUT2D eigenvalue weighted by Crippen LogP contribution is -2.58. The maximum atomic E-state index is 13.6. The molecule has 2 atom stereocenters. The van der Waals surface area contributed by atoms with Crippen molar-refractivity contribution in [2.45, 2.75) is 55.6 Å². The largest absolute Gasteiger partial charge is 0.363 e. The standard InChI is InChI=1S/C20H24F3N7O2S2/c1-11-13(8-21)24-5-6-29(11)14-7-12(34(31,32)28-20(2)3-4-20)10-30-15(9-25-17(14)30)18-26-27-19(33-18)16(22)23/h7,9-11,13,16,24,28H,3-6,8H2,1-2H3/t11-,13+/m0/s1. The van der Waals surface area contributed by atoms with E-state index < -0.39 is 39.7 Å². The van der Waals surface area contributed by atoms with Crippen molar-refractivity contribution >= 4 is 32.7 Å². The summed E-state index contributed by atoms with van der Waals surface area (Å²) in [5.41, 5.74) is 0.798. The van der Waals surface area contributed by atoms with Gasteiger partial charge in [0.15, 0.2) is 15.7 Å². The molecule has 1 saturated heterocycles. The van der Waals surface area contributed by atoms with Gasteiger partial charge in [0, 0.05) is 30.9 Å². The number of sulfonamides is 1. The van der Waals surface area contributed by atoms with Gasteiger partial charge in [-0.25, -0.2) is 31.3 Å². The van der Waals surface area contributed by atoms with Gasteiger partial charge < -0.3 is 10.2 Å². The number of piperazine rings is 1. The first kappa shape index (κ1) is 23.5. The van der Waals surface area contributed by atoms with Crippen molar-refractivity contribution in [3.05, 3.63) is 23.5 Å². The van der Waals surface area contributed by atoms with Crippen molar-refractivity contribution in [3.63, 3.8) is 0 Å². The molecule has 14 heteroatoms. The fourth-order valence-electron chi connectivity index (χ4n) is 4.15. The number of hydrogen-bond acceptors (Lipinski definition) is 8. The van der Waals surface area contributed by atoms with Crippen LogP contribution in [0.1, 0.15) is 38.1 Å². The van der Waals surface area contributed by atoms with Gasteiger partial charge in [0.25, 0.3) is 6.43 Å². The molecule has 5 rings (SSSR count). The summed E-state index contributed by atoms with van der Waals surface area (Å²) in [5, 5.41) is 10.3. The third-order valence-electron chi connectivity index (χ3n) is 6.41. The summed E-state index contributed by atoms with van der Waals surface area (Å²) >= 11 is 0.722. The Bertz CT molecular complexity index is 1320. The van der Waals surface area contributed by atoms with Crippen LogP contribution in [0.2, 0.25) is 0 Å². The van der Waals surface area contributed by atoms with E-state index in [0.717, 1.165) is 24.2 Å². The molecule has 1 aliphatic heterocycles. The summed E-state index contributed by atoms with van der Waals surface area (Å²) in [5.74, 6) is 0. The lowest BCUT2D eigenvalue weighted by molar-refractivity contribution is 0.150. The minimum absolute atomic E-state index is 0.00324. The molecule has 0 radical (unpaired) electrons. The van der Waals surface area contributed by atoms with E-state index in [9.17, 15) is 21.6 Å². The minimum Gasteiger partial charge on any atom is -0.363 e. The lowest BCUT2D eigenvalue weighted by Gasteiger charge is -2.40. The molecule has 1 saturated carbocycles. The number of fused-ring (bicyclic) bond motifs is 1. The van der Waals surface area contributed by atoms with Gasteiger partial charge in [-0.05, 0) is 32.8 Å². The number of rotatable bonds is 7. The summed E-state index contributed by atoms with van der Waals surface area (Å²) in [6.07, 6.45) is 1.59. The van der Waals surface area contributed by atoms with E-state index in [4.69, 9.17) is 0 Å². The zero-order chi connectivity index (χ0) is 24.3. The summed E-state index contributed by atoms with van der Waals surface area (Å²) in [4.78, 5) is 6.39. The number of aromatic nitrogens is 4. The number of anilines is 1. The van der Waals surface area contributed by atoms with Crippen molar-refractivity contribution < 1.29 is 21.6 Å². The summed E-state index contributed by atoms with van der Waals surface area (Å²) < 4.78 is 70.6. The van der Waals surface area contributed by atoms with E-state index in [1.807, 2.05) is 18.7 Å². The van der Waals surface area contributed by atoms with Crippen LogP contribution in [0, 0.1) is 0 Å². The van der Waals surface area contributed by atoms with Crippen molar-refractivity contribution in [1.29, 1.82) is 0 Å². The second kappa shape index (κ2) is 8.43.